The second-order valence-electron chi connectivity index (χ2n) is 11.4. The van der Waals surface area contributed by atoms with E-state index in [1.165, 1.54) is 4.90 Å². The maximum Gasteiger partial charge on any atom is 0.282 e. The Labute approximate surface area is 256 Å². The van der Waals surface area contributed by atoms with Crippen LogP contribution in [-0.2, 0) is 4.79 Å². The van der Waals surface area contributed by atoms with Crippen molar-refractivity contribution in [1.29, 1.82) is 5.26 Å². The molecule has 2 aliphatic rings. The van der Waals surface area contributed by atoms with Crippen molar-refractivity contribution in [3.05, 3.63) is 72.7 Å². The van der Waals surface area contributed by atoms with E-state index in [-0.39, 0.29) is 13.0 Å². The predicted octanol–water partition coefficient (Wildman–Crippen LogP) is 5.32. The van der Waals surface area contributed by atoms with Crippen molar-refractivity contribution in [2.75, 3.05) is 44.7 Å². The molecule has 2 fully saturated rings. The van der Waals surface area contributed by atoms with Crippen molar-refractivity contribution in [3.63, 3.8) is 0 Å². The van der Waals surface area contributed by atoms with Crippen LogP contribution in [0.2, 0.25) is 0 Å². The second-order valence-corrected chi connectivity index (χ2v) is 11.4. The Bertz CT molecular complexity index is 1840. The molecule has 0 radical (unpaired) electrons. The first-order valence-electron chi connectivity index (χ1n) is 14.8. The number of hydrogen-bond acceptors (Lipinski definition) is 7. The Kier molecular flexibility index (Phi) is 8.15. The number of pyridine rings is 2. The fraction of sp³-hybridized carbons (Fsp3) is 0.314. The van der Waals surface area contributed by atoms with Crippen LogP contribution in [0.4, 0.5) is 10.1 Å². The van der Waals surface area contributed by atoms with Crippen LogP contribution < -0.4 is 9.64 Å². The number of likely N-dealkylation sites (tertiary alicyclic amines) is 1. The molecule has 1 unspecified atom stereocenters. The van der Waals surface area contributed by atoms with Crippen LogP contribution >= 0.6 is 0 Å². The number of likely N-dealkylation sites (N-methyl/N-ethyl adjacent to an activating group) is 1. The summed E-state index contributed by atoms with van der Waals surface area (Å²) in [4.78, 5) is 28.1. The minimum atomic E-state index is -1.03. The summed E-state index contributed by atoms with van der Waals surface area (Å²) in [6.07, 6.45) is 9.95. The summed E-state index contributed by atoms with van der Waals surface area (Å²) in [5.41, 5.74) is 4.74. The zero-order valence-electron chi connectivity index (χ0n) is 24.7. The molecule has 8 nitrogen and oxygen atoms in total. The van der Waals surface area contributed by atoms with Gasteiger partial charge >= 0.3 is 0 Å². The number of piperazine rings is 1. The fourth-order valence-corrected chi connectivity index (χ4v) is 6.38. The number of carbonyl (C=O) groups is 1. The normalized spacial score (nSPS) is 18.7. The molecule has 0 spiro atoms. The predicted molar refractivity (Wildman–Crippen MR) is 170 cm³/mol. The van der Waals surface area contributed by atoms with Gasteiger partial charge in [-0.3, -0.25) is 9.78 Å². The van der Waals surface area contributed by atoms with Gasteiger partial charge in [-0.1, -0.05) is 42.8 Å². The number of nitriles is 1. The Morgan fingerprint density at radius 2 is 2.00 bits per heavy atom. The average Bonchev–Trinajstić information content (AvgIpc) is 3.46. The molecule has 44 heavy (non-hydrogen) atoms. The highest BCUT2D eigenvalue weighted by Gasteiger charge is 2.33. The van der Waals surface area contributed by atoms with Gasteiger partial charge in [0, 0.05) is 54.5 Å². The molecule has 2 atom stereocenters. The number of rotatable bonds is 7. The van der Waals surface area contributed by atoms with Crippen LogP contribution in [0.5, 0.6) is 5.88 Å². The Morgan fingerprint density at radius 3 is 2.73 bits per heavy atom. The molecule has 6 rings (SSSR count). The zero-order valence-corrected chi connectivity index (χ0v) is 24.7. The number of anilines is 1. The lowest BCUT2D eigenvalue weighted by atomic mass is 9.95. The van der Waals surface area contributed by atoms with Gasteiger partial charge in [0.25, 0.3) is 5.91 Å². The van der Waals surface area contributed by atoms with Gasteiger partial charge in [0.05, 0.1) is 29.7 Å². The first kappa shape index (κ1) is 29.1. The molecule has 2 aliphatic heterocycles. The molecule has 9 heteroatoms. The van der Waals surface area contributed by atoms with Crippen LogP contribution in [0.15, 0.2) is 67.1 Å². The third kappa shape index (κ3) is 5.55. The standard InChI is InChI=1S/C35H33FN6O2/c1-4-24-8-5-9-25-10-6-12-29(33(24)25)26-18-30-34(38-20-26)31(19-32(39-30)44-22-28-11-7-15-40(28)3)41-16-17-42(35(43)23(2)36)27(21-41)13-14-37/h1,5-6,8-10,12,18-20,27-28H,2,7,11,13,15-17,21-22H2,3H3/t27?,28-/m0/s1. The molecule has 1 amide bonds. The van der Waals surface area contributed by atoms with Gasteiger partial charge in [0.15, 0.2) is 5.83 Å². The van der Waals surface area contributed by atoms with Crippen molar-refractivity contribution in [2.45, 2.75) is 31.3 Å². The number of fused-ring (bicyclic) bond motifs is 2. The van der Waals surface area contributed by atoms with Crippen LogP contribution in [0.1, 0.15) is 24.8 Å². The van der Waals surface area contributed by atoms with Gasteiger partial charge in [-0.25, -0.2) is 9.37 Å². The summed E-state index contributed by atoms with van der Waals surface area (Å²) in [5.74, 6) is 1.48. The number of terminal acetylenes is 1. The summed E-state index contributed by atoms with van der Waals surface area (Å²) in [5, 5.41) is 11.5. The number of benzene rings is 2. The highest BCUT2D eigenvalue weighted by Crippen LogP contribution is 2.36. The van der Waals surface area contributed by atoms with Crippen molar-refractivity contribution in [2.24, 2.45) is 0 Å². The van der Waals surface area contributed by atoms with Crippen molar-refractivity contribution >= 4 is 33.4 Å². The van der Waals surface area contributed by atoms with E-state index in [1.807, 2.05) is 54.7 Å². The van der Waals surface area contributed by atoms with Crippen LogP contribution in [0, 0.1) is 23.7 Å². The Morgan fingerprint density at radius 1 is 1.18 bits per heavy atom. The second kappa shape index (κ2) is 12.3. The average molecular weight is 589 g/mol. The molecule has 4 aromatic rings. The minimum Gasteiger partial charge on any atom is -0.476 e. The number of halogens is 1. The molecule has 2 aromatic heterocycles. The fourth-order valence-electron chi connectivity index (χ4n) is 6.38. The van der Waals surface area contributed by atoms with Gasteiger partial charge in [-0.2, -0.15) is 5.26 Å². The van der Waals surface area contributed by atoms with E-state index in [1.54, 1.807) is 0 Å². The molecular weight excluding hydrogens is 555 g/mol. The number of amides is 1. The molecule has 4 heterocycles. The third-order valence-corrected chi connectivity index (χ3v) is 8.71. The maximum absolute atomic E-state index is 13.8. The molecule has 0 aliphatic carbocycles. The van der Waals surface area contributed by atoms with Gasteiger partial charge in [0.1, 0.15) is 12.1 Å². The molecule has 0 saturated carbocycles. The summed E-state index contributed by atoms with van der Waals surface area (Å²) >= 11 is 0. The molecular formula is C35H33FN6O2. The highest BCUT2D eigenvalue weighted by atomic mass is 19.1. The lowest BCUT2D eigenvalue weighted by Gasteiger charge is -2.41. The highest BCUT2D eigenvalue weighted by molar-refractivity contribution is 6.02. The van der Waals surface area contributed by atoms with E-state index in [4.69, 9.17) is 21.1 Å². The van der Waals surface area contributed by atoms with E-state index in [9.17, 15) is 14.4 Å². The number of aromatic nitrogens is 2. The summed E-state index contributed by atoms with van der Waals surface area (Å²) in [6, 6.07) is 17.8. The van der Waals surface area contributed by atoms with Crippen molar-refractivity contribution in [3.8, 4) is 35.4 Å². The van der Waals surface area contributed by atoms with E-state index in [0.29, 0.717) is 42.7 Å². The van der Waals surface area contributed by atoms with Crippen molar-refractivity contribution in [1.82, 2.24) is 19.8 Å². The van der Waals surface area contributed by atoms with Gasteiger partial charge in [-0.05, 0) is 49.5 Å². The van der Waals surface area contributed by atoms with Gasteiger partial charge < -0.3 is 19.4 Å². The van der Waals surface area contributed by atoms with Crippen LogP contribution in [-0.4, -0.2) is 77.6 Å². The van der Waals surface area contributed by atoms with E-state index in [2.05, 4.69) is 35.4 Å². The van der Waals surface area contributed by atoms with Crippen molar-refractivity contribution < 1.29 is 13.9 Å². The van der Waals surface area contributed by atoms with E-state index >= 15 is 0 Å². The number of hydrogen-bond donors (Lipinski definition) is 0. The van der Waals surface area contributed by atoms with Crippen LogP contribution in [0.3, 0.4) is 0 Å². The zero-order chi connectivity index (χ0) is 30.8. The molecule has 0 bridgehead atoms. The maximum atomic E-state index is 13.8. The quantitative estimate of drug-likeness (QED) is 0.213. The first-order chi connectivity index (χ1) is 21.4. The minimum absolute atomic E-state index is 0.0616. The smallest absolute Gasteiger partial charge is 0.282 e. The van der Waals surface area contributed by atoms with Crippen LogP contribution in [0.25, 0.3) is 32.9 Å². The molecule has 2 saturated heterocycles. The summed E-state index contributed by atoms with van der Waals surface area (Å²) < 4.78 is 20.1. The molecule has 0 N–H and O–H groups in total. The van der Waals surface area contributed by atoms with E-state index in [0.717, 1.165) is 52.5 Å². The number of ether oxygens (including phenoxy) is 1. The SMILES string of the molecule is C#Cc1cccc2cccc(-c3cnc4c(N5CCN(C(=O)C(=C)F)C(CC#N)C5)cc(OC[C@@H]5CCCN5C)nc4c3)c12. The first-order valence-corrected chi connectivity index (χ1v) is 14.8. The summed E-state index contributed by atoms with van der Waals surface area (Å²) in [7, 11) is 2.10. The monoisotopic (exact) mass is 588 g/mol. The third-order valence-electron chi connectivity index (χ3n) is 8.71. The largest absolute Gasteiger partial charge is 0.476 e. The topological polar surface area (TPSA) is 85.6 Å². The van der Waals surface area contributed by atoms with E-state index < -0.39 is 17.8 Å². The lowest BCUT2D eigenvalue weighted by Crippen LogP contribution is -2.55. The summed E-state index contributed by atoms with van der Waals surface area (Å²) in [6.45, 7) is 5.71. The Balaban J connectivity index is 1.43. The van der Waals surface area contributed by atoms with Gasteiger partial charge in [0.2, 0.25) is 5.88 Å². The lowest BCUT2D eigenvalue weighted by molar-refractivity contribution is -0.131. The molecule has 2 aromatic carbocycles. The molecule has 222 valence electrons. The number of nitrogens with zero attached hydrogens (tertiary/aromatic N) is 6. The Hall–Kier alpha value is -4.99. The van der Waals surface area contributed by atoms with Gasteiger partial charge in [-0.15, -0.1) is 6.42 Å². The number of carbonyl (C=O) groups excluding carboxylic acids is 1.